The quantitative estimate of drug-likeness (QED) is 0.777. The second-order valence-corrected chi connectivity index (χ2v) is 5.60. The average molecular weight is 255 g/mol. The molecule has 0 spiro atoms. The van der Waals surface area contributed by atoms with E-state index in [1.54, 1.807) is 0 Å². The molecule has 0 aromatic rings. The first kappa shape index (κ1) is 13.8. The molecular weight excluding hydrogens is 230 g/mol. The van der Waals surface area contributed by atoms with Crippen LogP contribution in [0.2, 0.25) is 0 Å². The van der Waals surface area contributed by atoms with Crippen LogP contribution in [0.3, 0.4) is 0 Å². The van der Waals surface area contributed by atoms with E-state index in [-0.39, 0.29) is 11.9 Å². The average Bonchev–Trinajstić information content (AvgIpc) is 2.81. The van der Waals surface area contributed by atoms with Crippen molar-refractivity contribution in [1.82, 2.24) is 5.32 Å². The molecule has 1 aliphatic heterocycles. The van der Waals surface area contributed by atoms with E-state index in [9.17, 15) is 4.79 Å². The second kappa shape index (κ2) is 6.53. The molecule has 2 atom stereocenters. The van der Waals surface area contributed by atoms with Crippen LogP contribution in [0.15, 0.2) is 0 Å². The minimum absolute atomic E-state index is 0.0359. The summed E-state index contributed by atoms with van der Waals surface area (Å²) in [6.07, 6.45) is 5.65. The number of esters is 1. The third kappa shape index (κ3) is 3.45. The Bertz CT molecular complexity index is 274. The molecule has 4 nitrogen and oxygen atoms in total. The van der Waals surface area contributed by atoms with Crippen LogP contribution in [-0.4, -0.2) is 38.4 Å². The minimum atomic E-state index is -0.0359. The van der Waals surface area contributed by atoms with Gasteiger partial charge in [-0.1, -0.05) is 0 Å². The summed E-state index contributed by atoms with van der Waals surface area (Å²) in [6.45, 7) is 4.12. The van der Waals surface area contributed by atoms with Gasteiger partial charge in [0.1, 0.15) is 0 Å². The zero-order valence-corrected chi connectivity index (χ0v) is 11.5. The number of carbonyl (C=O) groups excluding carboxylic acids is 1. The van der Waals surface area contributed by atoms with Crippen molar-refractivity contribution in [2.45, 2.75) is 51.2 Å². The summed E-state index contributed by atoms with van der Waals surface area (Å²) in [5.41, 5.74) is 0. The standard InChI is InChI=1S/C14H25NO3/c1-10-12(7-8-18-10)9-15-13-5-3-11(4-6-13)14(16)17-2/h10-13,15H,3-9H2,1-2H3. The van der Waals surface area contributed by atoms with Crippen LogP contribution in [0.4, 0.5) is 0 Å². The fraction of sp³-hybridized carbons (Fsp3) is 0.929. The highest BCUT2D eigenvalue weighted by atomic mass is 16.5. The topological polar surface area (TPSA) is 47.6 Å². The number of hydrogen-bond donors (Lipinski definition) is 1. The first-order valence-corrected chi connectivity index (χ1v) is 7.13. The molecule has 2 unspecified atom stereocenters. The third-order valence-electron chi connectivity index (χ3n) is 4.46. The normalized spacial score (nSPS) is 36.6. The maximum atomic E-state index is 11.4. The van der Waals surface area contributed by atoms with E-state index in [0.29, 0.717) is 18.1 Å². The molecule has 2 aliphatic rings. The van der Waals surface area contributed by atoms with Crippen molar-refractivity contribution in [2.75, 3.05) is 20.3 Å². The van der Waals surface area contributed by atoms with Gasteiger partial charge in [-0.2, -0.15) is 0 Å². The summed E-state index contributed by atoms with van der Waals surface area (Å²) >= 11 is 0. The molecule has 1 saturated heterocycles. The summed E-state index contributed by atoms with van der Waals surface area (Å²) < 4.78 is 10.4. The van der Waals surface area contributed by atoms with Gasteiger partial charge in [-0.25, -0.2) is 0 Å². The Morgan fingerprint density at radius 3 is 2.56 bits per heavy atom. The molecule has 104 valence electrons. The molecule has 1 N–H and O–H groups in total. The molecule has 18 heavy (non-hydrogen) atoms. The van der Waals surface area contributed by atoms with Gasteiger partial charge in [0, 0.05) is 19.2 Å². The van der Waals surface area contributed by atoms with Crippen molar-refractivity contribution in [3.63, 3.8) is 0 Å². The number of hydrogen-bond acceptors (Lipinski definition) is 4. The SMILES string of the molecule is COC(=O)C1CCC(NCC2CCOC2C)CC1. The van der Waals surface area contributed by atoms with Gasteiger partial charge in [0.25, 0.3) is 0 Å². The minimum Gasteiger partial charge on any atom is -0.469 e. The van der Waals surface area contributed by atoms with Gasteiger partial charge in [-0.15, -0.1) is 0 Å². The molecule has 0 amide bonds. The molecule has 2 rings (SSSR count). The molecule has 0 aromatic heterocycles. The highest BCUT2D eigenvalue weighted by Gasteiger charge is 2.28. The van der Waals surface area contributed by atoms with Crippen LogP contribution in [0.25, 0.3) is 0 Å². The first-order chi connectivity index (χ1) is 8.70. The molecule has 0 bridgehead atoms. The van der Waals surface area contributed by atoms with Gasteiger partial charge in [0.15, 0.2) is 0 Å². The Balaban J connectivity index is 1.66. The van der Waals surface area contributed by atoms with Crippen LogP contribution >= 0.6 is 0 Å². The lowest BCUT2D eigenvalue weighted by Crippen LogP contribution is -2.38. The van der Waals surface area contributed by atoms with Crippen molar-refractivity contribution in [3.05, 3.63) is 0 Å². The van der Waals surface area contributed by atoms with E-state index in [2.05, 4.69) is 12.2 Å². The van der Waals surface area contributed by atoms with Crippen LogP contribution in [0.1, 0.15) is 39.0 Å². The predicted octanol–water partition coefficient (Wildman–Crippen LogP) is 1.73. The van der Waals surface area contributed by atoms with E-state index in [1.807, 2.05) is 0 Å². The van der Waals surface area contributed by atoms with E-state index >= 15 is 0 Å². The molecule has 1 aliphatic carbocycles. The van der Waals surface area contributed by atoms with Gasteiger partial charge >= 0.3 is 5.97 Å². The van der Waals surface area contributed by atoms with Crippen LogP contribution in [0.5, 0.6) is 0 Å². The Labute approximate surface area is 109 Å². The lowest BCUT2D eigenvalue weighted by atomic mass is 9.86. The molecule has 0 radical (unpaired) electrons. The van der Waals surface area contributed by atoms with Gasteiger partial charge in [-0.05, 0) is 44.9 Å². The Morgan fingerprint density at radius 2 is 2.00 bits per heavy atom. The lowest BCUT2D eigenvalue weighted by molar-refractivity contribution is -0.146. The second-order valence-electron chi connectivity index (χ2n) is 5.60. The number of ether oxygens (including phenoxy) is 2. The highest BCUT2D eigenvalue weighted by Crippen LogP contribution is 2.26. The van der Waals surface area contributed by atoms with Gasteiger partial charge in [-0.3, -0.25) is 4.79 Å². The van der Waals surface area contributed by atoms with Crippen molar-refractivity contribution >= 4 is 5.97 Å². The van der Waals surface area contributed by atoms with E-state index in [4.69, 9.17) is 9.47 Å². The maximum absolute atomic E-state index is 11.4. The lowest BCUT2D eigenvalue weighted by Gasteiger charge is -2.29. The summed E-state index contributed by atoms with van der Waals surface area (Å²) in [5, 5.41) is 3.64. The fourth-order valence-corrected chi connectivity index (χ4v) is 3.06. The summed E-state index contributed by atoms with van der Waals surface area (Å²) in [5.74, 6) is 0.747. The fourth-order valence-electron chi connectivity index (χ4n) is 3.06. The van der Waals surface area contributed by atoms with Crippen molar-refractivity contribution in [3.8, 4) is 0 Å². The maximum Gasteiger partial charge on any atom is 0.308 e. The first-order valence-electron chi connectivity index (χ1n) is 7.13. The van der Waals surface area contributed by atoms with Gasteiger partial charge < -0.3 is 14.8 Å². The third-order valence-corrected chi connectivity index (χ3v) is 4.46. The van der Waals surface area contributed by atoms with Crippen molar-refractivity contribution in [1.29, 1.82) is 0 Å². The molecule has 0 aromatic carbocycles. The summed E-state index contributed by atoms with van der Waals surface area (Å²) in [7, 11) is 1.48. The molecule has 2 fully saturated rings. The molecule has 4 heteroatoms. The highest BCUT2D eigenvalue weighted by molar-refractivity contribution is 5.72. The zero-order valence-electron chi connectivity index (χ0n) is 11.5. The molecule has 1 heterocycles. The largest absolute Gasteiger partial charge is 0.469 e. The van der Waals surface area contributed by atoms with E-state index in [1.165, 1.54) is 13.5 Å². The number of nitrogens with one attached hydrogen (secondary N) is 1. The van der Waals surface area contributed by atoms with Crippen LogP contribution in [-0.2, 0) is 14.3 Å². The Kier molecular flexibility index (Phi) is 5.01. The summed E-state index contributed by atoms with van der Waals surface area (Å²) in [6, 6.07) is 0.568. The predicted molar refractivity (Wildman–Crippen MR) is 69.3 cm³/mol. The monoisotopic (exact) mass is 255 g/mol. The molecular formula is C14H25NO3. The van der Waals surface area contributed by atoms with Crippen molar-refractivity contribution in [2.24, 2.45) is 11.8 Å². The summed E-state index contributed by atoms with van der Waals surface area (Å²) in [4.78, 5) is 11.4. The van der Waals surface area contributed by atoms with Gasteiger partial charge in [0.05, 0.1) is 19.1 Å². The van der Waals surface area contributed by atoms with Crippen LogP contribution < -0.4 is 5.32 Å². The van der Waals surface area contributed by atoms with Gasteiger partial charge in [0.2, 0.25) is 0 Å². The van der Waals surface area contributed by atoms with E-state index < -0.39 is 0 Å². The number of methoxy groups -OCH3 is 1. The van der Waals surface area contributed by atoms with E-state index in [0.717, 1.165) is 38.8 Å². The smallest absolute Gasteiger partial charge is 0.308 e. The van der Waals surface area contributed by atoms with Crippen LogP contribution in [0, 0.1) is 11.8 Å². The van der Waals surface area contributed by atoms with Crippen molar-refractivity contribution < 1.29 is 14.3 Å². The zero-order chi connectivity index (χ0) is 13.0. The Morgan fingerprint density at radius 1 is 1.28 bits per heavy atom. The Hall–Kier alpha value is -0.610. The number of rotatable bonds is 4. The number of carbonyl (C=O) groups is 1. The molecule has 1 saturated carbocycles.